The molecule has 0 saturated carbocycles. The van der Waals surface area contributed by atoms with Gasteiger partial charge in [0.25, 0.3) is 0 Å². The summed E-state index contributed by atoms with van der Waals surface area (Å²) in [6.45, 7) is 5.44. The van der Waals surface area contributed by atoms with Gasteiger partial charge < -0.3 is 5.11 Å². The van der Waals surface area contributed by atoms with Crippen molar-refractivity contribution in [2.24, 2.45) is 0 Å². The van der Waals surface area contributed by atoms with E-state index >= 15 is 0 Å². The van der Waals surface area contributed by atoms with Crippen LogP contribution in [0.25, 0.3) is 0 Å². The summed E-state index contributed by atoms with van der Waals surface area (Å²) >= 11 is 3.34. The molecule has 17 heavy (non-hydrogen) atoms. The molecule has 1 atom stereocenters. The smallest absolute Gasteiger partial charge is 0.304 e. The van der Waals surface area contributed by atoms with Gasteiger partial charge in [0.15, 0.2) is 0 Å². The molecule has 4 nitrogen and oxygen atoms in total. The highest BCUT2D eigenvalue weighted by Crippen LogP contribution is 2.12. The molecule has 0 aromatic carbocycles. The van der Waals surface area contributed by atoms with Gasteiger partial charge >= 0.3 is 5.97 Å². The zero-order chi connectivity index (χ0) is 12.8. The van der Waals surface area contributed by atoms with Crippen molar-refractivity contribution < 1.29 is 9.90 Å². The molecular formula is C12H17BrN2O2. The Balaban J connectivity index is 2.62. The largest absolute Gasteiger partial charge is 0.481 e. The number of rotatable bonds is 6. The SMILES string of the molecule is CCN(Cc1ccc(Br)cn1)C(C)CC(=O)O. The second-order valence-electron chi connectivity index (χ2n) is 3.98. The Morgan fingerprint density at radius 1 is 1.59 bits per heavy atom. The molecule has 0 aliphatic heterocycles. The van der Waals surface area contributed by atoms with E-state index in [9.17, 15) is 4.79 Å². The molecule has 0 fully saturated rings. The summed E-state index contributed by atoms with van der Waals surface area (Å²) in [5.74, 6) is -0.764. The summed E-state index contributed by atoms with van der Waals surface area (Å²) in [4.78, 5) is 17.1. The fraction of sp³-hybridized carbons (Fsp3) is 0.500. The topological polar surface area (TPSA) is 53.4 Å². The molecule has 94 valence electrons. The van der Waals surface area contributed by atoms with Crippen LogP contribution >= 0.6 is 15.9 Å². The third-order valence-corrected chi connectivity index (χ3v) is 3.12. The first kappa shape index (κ1) is 14.1. The van der Waals surface area contributed by atoms with E-state index in [1.807, 2.05) is 26.0 Å². The van der Waals surface area contributed by atoms with E-state index in [1.54, 1.807) is 6.20 Å². The zero-order valence-electron chi connectivity index (χ0n) is 10.1. The molecule has 0 saturated heterocycles. The fourth-order valence-corrected chi connectivity index (χ4v) is 1.90. The van der Waals surface area contributed by atoms with Crippen LogP contribution in [0, 0.1) is 0 Å². The Morgan fingerprint density at radius 2 is 2.29 bits per heavy atom. The van der Waals surface area contributed by atoms with Crippen molar-refractivity contribution in [3.05, 3.63) is 28.5 Å². The Bertz CT molecular complexity index is 367. The van der Waals surface area contributed by atoms with E-state index in [1.165, 1.54) is 0 Å². The van der Waals surface area contributed by atoms with Crippen LogP contribution in [0.3, 0.4) is 0 Å². The lowest BCUT2D eigenvalue weighted by atomic mass is 10.2. The number of hydrogen-bond donors (Lipinski definition) is 1. The van der Waals surface area contributed by atoms with E-state index in [2.05, 4.69) is 25.8 Å². The number of carboxylic acids is 1. The molecule has 0 radical (unpaired) electrons. The van der Waals surface area contributed by atoms with Gasteiger partial charge in [0.1, 0.15) is 0 Å². The summed E-state index contributed by atoms with van der Waals surface area (Å²) in [6.07, 6.45) is 1.91. The number of carbonyl (C=O) groups is 1. The van der Waals surface area contributed by atoms with Gasteiger partial charge in [0, 0.05) is 23.3 Å². The lowest BCUT2D eigenvalue weighted by molar-refractivity contribution is -0.138. The van der Waals surface area contributed by atoms with Crippen LogP contribution in [0.5, 0.6) is 0 Å². The third kappa shape index (κ3) is 4.83. The minimum atomic E-state index is -0.764. The van der Waals surface area contributed by atoms with E-state index in [-0.39, 0.29) is 12.5 Å². The number of aromatic nitrogens is 1. The van der Waals surface area contributed by atoms with Crippen LogP contribution in [-0.2, 0) is 11.3 Å². The van der Waals surface area contributed by atoms with Crippen molar-refractivity contribution in [2.45, 2.75) is 32.9 Å². The van der Waals surface area contributed by atoms with Crippen LogP contribution in [0.1, 0.15) is 26.0 Å². The average molecular weight is 301 g/mol. The highest BCUT2D eigenvalue weighted by Gasteiger charge is 2.15. The minimum Gasteiger partial charge on any atom is -0.481 e. The van der Waals surface area contributed by atoms with E-state index in [4.69, 9.17) is 5.11 Å². The number of carboxylic acid groups (broad SMARTS) is 1. The molecule has 1 aromatic heterocycles. The maximum atomic E-state index is 10.7. The Hall–Kier alpha value is -0.940. The summed E-state index contributed by atoms with van der Waals surface area (Å²) in [7, 11) is 0. The van der Waals surface area contributed by atoms with Gasteiger partial charge in [-0.1, -0.05) is 6.92 Å². The van der Waals surface area contributed by atoms with Crippen molar-refractivity contribution in [3.63, 3.8) is 0 Å². The summed E-state index contributed by atoms with van der Waals surface area (Å²) in [5, 5.41) is 8.78. The second kappa shape index (κ2) is 6.71. The molecule has 1 unspecified atom stereocenters. The standard InChI is InChI=1S/C12H17BrN2O2/c1-3-15(9(2)6-12(16)17)8-11-5-4-10(13)7-14-11/h4-5,7,9H,3,6,8H2,1-2H3,(H,16,17). The number of aliphatic carboxylic acids is 1. The van der Waals surface area contributed by atoms with E-state index in [0.717, 1.165) is 16.7 Å². The highest BCUT2D eigenvalue weighted by molar-refractivity contribution is 9.10. The molecule has 0 bridgehead atoms. The first-order valence-electron chi connectivity index (χ1n) is 5.59. The van der Waals surface area contributed by atoms with Crippen LogP contribution in [0.2, 0.25) is 0 Å². The monoisotopic (exact) mass is 300 g/mol. The molecule has 0 spiro atoms. The van der Waals surface area contributed by atoms with Gasteiger partial charge in [-0.3, -0.25) is 14.7 Å². The highest BCUT2D eigenvalue weighted by atomic mass is 79.9. The molecule has 1 N–H and O–H groups in total. The van der Waals surface area contributed by atoms with E-state index in [0.29, 0.717) is 6.54 Å². The maximum Gasteiger partial charge on any atom is 0.304 e. The van der Waals surface area contributed by atoms with Crippen LogP contribution < -0.4 is 0 Å². The number of pyridine rings is 1. The number of nitrogens with zero attached hydrogens (tertiary/aromatic N) is 2. The van der Waals surface area contributed by atoms with Gasteiger partial charge in [-0.25, -0.2) is 0 Å². The molecule has 0 amide bonds. The molecule has 1 rings (SSSR count). The average Bonchev–Trinajstić information content (AvgIpc) is 2.27. The maximum absolute atomic E-state index is 10.7. The lowest BCUT2D eigenvalue weighted by Crippen LogP contribution is -2.34. The summed E-state index contributed by atoms with van der Waals surface area (Å²) in [5.41, 5.74) is 0.951. The molecule has 0 aliphatic rings. The summed E-state index contributed by atoms with van der Waals surface area (Å²) in [6, 6.07) is 3.90. The molecule has 1 aromatic rings. The van der Waals surface area contributed by atoms with Crippen LogP contribution in [0.4, 0.5) is 0 Å². The van der Waals surface area contributed by atoms with Gasteiger partial charge in [-0.05, 0) is 41.5 Å². The predicted molar refractivity (Wildman–Crippen MR) is 69.7 cm³/mol. The number of halogens is 1. The first-order valence-corrected chi connectivity index (χ1v) is 6.38. The van der Waals surface area contributed by atoms with Gasteiger partial charge in [-0.15, -0.1) is 0 Å². The van der Waals surface area contributed by atoms with Crippen molar-refractivity contribution >= 4 is 21.9 Å². The van der Waals surface area contributed by atoms with E-state index < -0.39 is 5.97 Å². The van der Waals surface area contributed by atoms with Gasteiger partial charge in [0.2, 0.25) is 0 Å². The second-order valence-corrected chi connectivity index (χ2v) is 4.89. The Labute approximate surface area is 110 Å². The predicted octanol–water partition coefficient (Wildman–Crippen LogP) is 2.53. The quantitative estimate of drug-likeness (QED) is 0.877. The fourth-order valence-electron chi connectivity index (χ4n) is 1.67. The molecule has 1 heterocycles. The van der Waals surface area contributed by atoms with Crippen molar-refractivity contribution in [2.75, 3.05) is 6.54 Å². The minimum absolute atomic E-state index is 0.0166. The summed E-state index contributed by atoms with van der Waals surface area (Å²) < 4.78 is 0.947. The number of hydrogen-bond acceptors (Lipinski definition) is 3. The van der Waals surface area contributed by atoms with Gasteiger partial charge in [0.05, 0.1) is 12.1 Å². The molecule has 0 aliphatic carbocycles. The van der Waals surface area contributed by atoms with Crippen molar-refractivity contribution in [1.29, 1.82) is 0 Å². The first-order chi connectivity index (χ1) is 8.02. The molecular weight excluding hydrogens is 284 g/mol. The van der Waals surface area contributed by atoms with Crippen LogP contribution in [-0.4, -0.2) is 33.5 Å². The van der Waals surface area contributed by atoms with Crippen molar-refractivity contribution in [1.82, 2.24) is 9.88 Å². The zero-order valence-corrected chi connectivity index (χ0v) is 11.6. The normalized spacial score (nSPS) is 12.7. The molecule has 5 heteroatoms. The van der Waals surface area contributed by atoms with Crippen molar-refractivity contribution in [3.8, 4) is 0 Å². The Morgan fingerprint density at radius 3 is 2.76 bits per heavy atom. The Kier molecular flexibility index (Phi) is 5.58. The third-order valence-electron chi connectivity index (χ3n) is 2.65. The van der Waals surface area contributed by atoms with Crippen LogP contribution in [0.15, 0.2) is 22.8 Å². The lowest BCUT2D eigenvalue weighted by Gasteiger charge is -2.26. The van der Waals surface area contributed by atoms with Gasteiger partial charge in [-0.2, -0.15) is 0 Å².